The fourth-order valence-corrected chi connectivity index (χ4v) is 2.92. The lowest BCUT2D eigenvalue weighted by molar-refractivity contribution is -0.117. The first kappa shape index (κ1) is 17.0. The lowest BCUT2D eigenvalue weighted by atomic mass is 9.65. The first-order valence-corrected chi connectivity index (χ1v) is 7.72. The zero-order valence-electron chi connectivity index (χ0n) is 13.8. The molecular formula is C19H20O4. The number of ketones is 4. The van der Waals surface area contributed by atoms with Crippen LogP contribution in [0.3, 0.4) is 0 Å². The second kappa shape index (κ2) is 6.41. The molecule has 23 heavy (non-hydrogen) atoms. The van der Waals surface area contributed by atoms with Gasteiger partial charge in [0.1, 0.15) is 0 Å². The predicted molar refractivity (Wildman–Crippen MR) is 86.6 cm³/mol. The van der Waals surface area contributed by atoms with E-state index in [-0.39, 0.29) is 40.9 Å². The molecule has 0 heterocycles. The van der Waals surface area contributed by atoms with Gasteiger partial charge in [-0.2, -0.15) is 0 Å². The van der Waals surface area contributed by atoms with Crippen LogP contribution in [-0.4, -0.2) is 23.1 Å². The summed E-state index contributed by atoms with van der Waals surface area (Å²) in [5, 5.41) is 0. The maximum absolute atomic E-state index is 11.3. The minimum absolute atomic E-state index is 0.0233. The maximum Gasteiger partial charge on any atom is 0.182 e. The quantitative estimate of drug-likeness (QED) is 0.698. The zero-order valence-corrected chi connectivity index (χ0v) is 13.8. The molecule has 4 nitrogen and oxygen atoms in total. The fraction of sp³-hybridized carbons (Fsp3) is 0.368. The first-order valence-electron chi connectivity index (χ1n) is 7.72. The van der Waals surface area contributed by atoms with Crippen molar-refractivity contribution < 1.29 is 19.2 Å². The van der Waals surface area contributed by atoms with E-state index in [2.05, 4.69) is 0 Å². The number of rotatable bonds is 1. The van der Waals surface area contributed by atoms with Crippen LogP contribution >= 0.6 is 0 Å². The van der Waals surface area contributed by atoms with Crippen LogP contribution in [0.4, 0.5) is 0 Å². The maximum atomic E-state index is 11.3. The highest BCUT2D eigenvalue weighted by atomic mass is 16.1. The van der Waals surface area contributed by atoms with E-state index in [4.69, 9.17) is 0 Å². The van der Waals surface area contributed by atoms with Crippen molar-refractivity contribution in [2.45, 2.75) is 27.7 Å². The lowest BCUT2D eigenvalue weighted by Gasteiger charge is -2.36. The second-order valence-corrected chi connectivity index (χ2v) is 6.32. The number of carbonyl (C=O) groups excluding carboxylic acids is 4. The molecule has 0 spiro atoms. The number of hydrogen-bond donors (Lipinski definition) is 0. The normalized spacial score (nSPS) is 25.9. The Morgan fingerprint density at radius 3 is 1.57 bits per heavy atom. The molecule has 3 rings (SSSR count). The Morgan fingerprint density at radius 1 is 0.739 bits per heavy atom. The van der Waals surface area contributed by atoms with Gasteiger partial charge in [0.2, 0.25) is 0 Å². The van der Waals surface area contributed by atoms with Crippen molar-refractivity contribution in [3.05, 3.63) is 47.1 Å². The standard InChI is InChI=1S/C10H10O2.C9H10O2/c1-5-6(2)10-8(12)4-3-7(11)9(5)10;1-6(2)8-5-7(10)3-4-9(8)11/h3-6H,1-2H3;3-6H,1-2H3. The molecule has 0 amide bonds. The molecule has 3 aliphatic rings. The Balaban J connectivity index is 0.000000168. The molecule has 0 bridgehead atoms. The van der Waals surface area contributed by atoms with Gasteiger partial charge in [-0.05, 0) is 48.1 Å². The van der Waals surface area contributed by atoms with Gasteiger partial charge in [0.15, 0.2) is 23.1 Å². The van der Waals surface area contributed by atoms with Gasteiger partial charge in [-0.15, -0.1) is 0 Å². The average Bonchev–Trinajstić information content (AvgIpc) is 2.51. The van der Waals surface area contributed by atoms with Crippen molar-refractivity contribution in [3.63, 3.8) is 0 Å². The van der Waals surface area contributed by atoms with E-state index in [0.29, 0.717) is 5.57 Å². The Kier molecular flexibility index (Phi) is 4.73. The molecular weight excluding hydrogens is 292 g/mol. The number of carbonyl (C=O) groups is 4. The van der Waals surface area contributed by atoms with E-state index in [9.17, 15) is 19.2 Å². The highest BCUT2D eigenvalue weighted by Crippen LogP contribution is 2.43. The van der Waals surface area contributed by atoms with Crippen molar-refractivity contribution >= 4 is 23.1 Å². The predicted octanol–water partition coefficient (Wildman–Crippen LogP) is 2.55. The van der Waals surface area contributed by atoms with Crippen LogP contribution in [0.5, 0.6) is 0 Å². The number of allylic oxidation sites excluding steroid dienone is 8. The molecule has 0 radical (unpaired) electrons. The molecule has 0 N–H and O–H groups in total. The van der Waals surface area contributed by atoms with Crippen LogP contribution < -0.4 is 0 Å². The van der Waals surface area contributed by atoms with Gasteiger partial charge < -0.3 is 0 Å². The summed E-state index contributed by atoms with van der Waals surface area (Å²) in [5.74, 6) is 0.581. The van der Waals surface area contributed by atoms with E-state index in [1.54, 1.807) is 0 Å². The van der Waals surface area contributed by atoms with Crippen molar-refractivity contribution in [3.8, 4) is 0 Å². The van der Waals surface area contributed by atoms with Gasteiger partial charge >= 0.3 is 0 Å². The molecule has 0 saturated carbocycles. The van der Waals surface area contributed by atoms with Crippen LogP contribution in [-0.2, 0) is 19.2 Å². The molecule has 0 saturated heterocycles. The summed E-state index contributed by atoms with van der Waals surface area (Å²) in [6.07, 6.45) is 6.80. The highest BCUT2D eigenvalue weighted by Gasteiger charge is 2.41. The SMILES string of the molecule is CC(C)C1=CC(=O)C=CC1=O.CC1C2=C(C(=O)C=CC2=O)C1C. The summed E-state index contributed by atoms with van der Waals surface area (Å²) < 4.78 is 0. The van der Waals surface area contributed by atoms with Gasteiger partial charge in [0.05, 0.1) is 0 Å². The van der Waals surface area contributed by atoms with E-state index in [0.717, 1.165) is 11.1 Å². The van der Waals surface area contributed by atoms with Crippen molar-refractivity contribution in [1.82, 2.24) is 0 Å². The molecule has 0 fully saturated rings. The Hall–Kier alpha value is -2.36. The molecule has 0 aliphatic heterocycles. The van der Waals surface area contributed by atoms with Crippen molar-refractivity contribution in [2.24, 2.45) is 17.8 Å². The molecule has 2 atom stereocenters. The topological polar surface area (TPSA) is 68.3 Å². The van der Waals surface area contributed by atoms with Crippen LogP contribution in [0.2, 0.25) is 0 Å². The van der Waals surface area contributed by atoms with Gasteiger partial charge in [0, 0.05) is 16.7 Å². The van der Waals surface area contributed by atoms with Crippen molar-refractivity contribution in [2.75, 3.05) is 0 Å². The summed E-state index contributed by atoms with van der Waals surface area (Å²) in [6.45, 7) is 7.79. The third kappa shape index (κ3) is 3.21. The Labute approximate surface area is 135 Å². The van der Waals surface area contributed by atoms with E-state index < -0.39 is 0 Å². The molecule has 0 aromatic carbocycles. The Morgan fingerprint density at radius 2 is 1.17 bits per heavy atom. The summed E-state index contributed by atoms with van der Waals surface area (Å²) in [7, 11) is 0. The molecule has 120 valence electrons. The summed E-state index contributed by atoms with van der Waals surface area (Å²) in [6, 6.07) is 0. The van der Waals surface area contributed by atoms with Gasteiger partial charge in [-0.1, -0.05) is 27.7 Å². The third-order valence-corrected chi connectivity index (χ3v) is 4.47. The van der Waals surface area contributed by atoms with Crippen LogP contribution in [0.15, 0.2) is 47.1 Å². The first-order chi connectivity index (χ1) is 10.7. The van der Waals surface area contributed by atoms with Crippen LogP contribution in [0, 0.1) is 17.8 Å². The monoisotopic (exact) mass is 312 g/mol. The van der Waals surface area contributed by atoms with Gasteiger partial charge in [-0.25, -0.2) is 0 Å². The molecule has 0 aromatic rings. The summed E-state index contributed by atoms with van der Waals surface area (Å²) in [5.41, 5.74) is 2.10. The minimum Gasteiger partial charge on any atom is -0.290 e. The molecule has 2 unspecified atom stereocenters. The lowest BCUT2D eigenvalue weighted by Crippen LogP contribution is -2.36. The van der Waals surface area contributed by atoms with Crippen molar-refractivity contribution in [1.29, 1.82) is 0 Å². The minimum atomic E-state index is -0.0895. The summed E-state index contributed by atoms with van der Waals surface area (Å²) >= 11 is 0. The smallest absolute Gasteiger partial charge is 0.182 e. The molecule has 3 aliphatic carbocycles. The Bertz CT molecular complexity index is 682. The molecule has 0 aromatic heterocycles. The largest absolute Gasteiger partial charge is 0.290 e. The zero-order chi connectivity index (χ0) is 17.3. The van der Waals surface area contributed by atoms with E-state index in [1.807, 2.05) is 27.7 Å². The fourth-order valence-electron chi connectivity index (χ4n) is 2.92. The second-order valence-electron chi connectivity index (χ2n) is 6.32. The average molecular weight is 312 g/mol. The van der Waals surface area contributed by atoms with Gasteiger partial charge in [0.25, 0.3) is 0 Å². The van der Waals surface area contributed by atoms with Gasteiger partial charge in [-0.3, -0.25) is 19.2 Å². The third-order valence-electron chi connectivity index (χ3n) is 4.47. The summed E-state index contributed by atoms with van der Waals surface area (Å²) in [4.78, 5) is 44.4. The highest BCUT2D eigenvalue weighted by molar-refractivity contribution is 6.22. The van der Waals surface area contributed by atoms with E-state index in [1.165, 1.54) is 30.4 Å². The van der Waals surface area contributed by atoms with E-state index >= 15 is 0 Å². The van der Waals surface area contributed by atoms with Crippen LogP contribution in [0.1, 0.15) is 27.7 Å². The molecule has 4 heteroatoms. The number of hydrogen-bond acceptors (Lipinski definition) is 4. The van der Waals surface area contributed by atoms with Crippen LogP contribution in [0.25, 0.3) is 0 Å².